The van der Waals surface area contributed by atoms with E-state index in [0.29, 0.717) is 12.8 Å². The van der Waals surface area contributed by atoms with E-state index in [1.807, 2.05) is 12.1 Å². The molecule has 28 heavy (non-hydrogen) atoms. The number of alkyl halides is 1. The Balaban J connectivity index is 1.54. The van der Waals surface area contributed by atoms with Gasteiger partial charge in [-0.05, 0) is 55.6 Å². The van der Waals surface area contributed by atoms with Crippen molar-refractivity contribution >= 4 is 17.6 Å². The van der Waals surface area contributed by atoms with Crippen LogP contribution in [0.25, 0.3) is 0 Å². The number of aliphatic hydroxyl groups is 2. The largest absolute Gasteiger partial charge is 0.469 e. The fourth-order valence-electron chi connectivity index (χ4n) is 4.81. The maximum absolute atomic E-state index is 11.2. The first-order valence-corrected chi connectivity index (χ1v) is 11.1. The van der Waals surface area contributed by atoms with Gasteiger partial charge in [-0.2, -0.15) is 0 Å². The van der Waals surface area contributed by atoms with Crippen molar-refractivity contribution in [3.8, 4) is 0 Å². The van der Waals surface area contributed by atoms with E-state index in [4.69, 9.17) is 11.6 Å². The monoisotopic (exact) mass is 408 g/mol. The lowest BCUT2D eigenvalue weighted by Crippen LogP contribution is -2.33. The SMILES string of the molecule is COC(=O)CCCCCCC1C(Cl)CC(O)C1c1ccc(C2(O)CCC2)cc1. The number of benzene rings is 1. The first-order chi connectivity index (χ1) is 13.4. The van der Waals surface area contributed by atoms with E-state index in [2.05, 4.69) is 16.9 Å². The zero-order valence-corrected chi connectivity index (χ0v) is 17.5. The van der Waals surface area contributed by atoms with Crippen molar-refractivity contribution in [2.24, 2.45) is 5.92 Å². The van der Waals surface area contributed by atoms with Crippen molar-refractivity contribution < 1.29 is 19.7 Å². The molecule has 0 bridgehead atoms. The minimum absolute atomic E-state index is 0.00874. The summed E-state index contributed by atoms with van der Waals surface area (Å²) >= 11 is 6.59. The Hall–Kier alpha value is -1.10. The van der Waals surface area contributed by atoms with Gasteiger partial charge in [-0.3, -0.25) is 4.79 Å². The van der Waals surface area contributed by atoms with Crippen LogP contribution in [0.4, 0.5) is 0 Å². The van der Waals surface area contributed by atoms with Crippen LogP contribution in [-0.4, -0.2) is 34.8 Å². The van der Waals surface area contributed by atoms with E-state index in [-0.39, 0.29) is 23.2 Å². The maximum atomic E-state index is 11.2. The van der Waals surface area contributed by atoms with Crippen LogP contribution in [0.15, 0.2) is 24.3 Å². The summed E-state index contributed by atoms with van der Waals surface area (Å²) in [6.45, 7) is 0. The van der Waals surface area contributed by atoms with Gasteiger partial charge in [-0.1, -0.05) is 43.5 Å². The normalized spacial score (nSPS) is 28.7. The number of unbranched alkanes of at least 4 members (excludes halogenated alkanes) is 3. The number of aliphatic hydroxyl groups excluding tert-OH is 1. The molecule has 0 amide bonds. The molecular formula is C23H33ClO4. The molecule has 2 saturated carbocycles. The molecule has 0 saturated heterocycles. The Kier molecular flexibility index (Phi) is 7.41. The van der Waals surface area contributed by atoms with Crippen molar-refractivity contribution in [1.29, 1.82) is 0 Å². The molecule has 2 fully saturated rings. The van der Waals surface area contributed by atoms with Gasteiger partial charge < -0.3 is 14.9 Å². The number of hydrogen-bond acceptors (Lipinski definition) is 4. The van der Waals surface area contributed by atoms with Gasteiger partial charge in [0.15, 0.2) is 0 Å². The van der Waals surface area contributed by atoms with Gasteiger partial charge in [0, 0.05) is 17.7 Å². The Morgan fingerprint density at radius 1 is 1.18 bits per heavy atom. The second kappa shape index (κ2) is 9.60. The van der Waals surface area contributed by atoms with E-state index in [1.54, 1.807) is 0 Å². The van der Waals surface area contributed by atoms with Crippen molar-refractivity contribution in [1.82, 2.24) is 0 Å². The molecule has 4 atom stereocenters. The summed E-state index contributed by atoms with van der Waals surface area (Å²) < 4.78 is 4.67. The number of rotatable bonds is 9. The molecule has 0 spiro atoms. The molecule has 156 valence electrons. The van der Waals surface area contributed by atoms with Crippen LogP contribution >= 0.6 is 11.6 Å². The highest BCUT2D eigenvalue weighted by atomic mass is 35.5. The molecule has 2 aliphatic rings. The maximum Gasteiger partial charge on any atom is 0.305 e. The lowest BCUT2D eigenvalue weighted by molar-refractivity contribution is -0.140. The van der Waals surface area contributed by atoms with E-state index in [9.17, 15) is 15.0 Å². The molecular weight excluding hydrogens is 376 g/mol. The average molecular weight is 409 g/mol. The first-order valence-electron chi connectivity index (χ1n) is 10.7. The predicted octanol–water partition coefficient (Wildman–Crippen LogP) is 4.64. The predicted molar refractivity (Wildman–Crippen MR) is 110 cm³/mol. The minimum Gasteiger partial charge on any atom is -0.469 e. The molecule has 4 unspecified atom stereocenters. The van der Waals surface area contributed by atoms with Gasteiger partial charge in [0.1, 0.15) is 0 Å². The summed E-state index contributed by atoms with van der Waals surface area (Å²) in [5.74, 6) is 0.173. The summed E-state index contributed by atoms with van der Waals surface area (Å²) in [5.41, 5.74) is 1.46. The fraction of sp³-hybridized carbons (Fsp3) is 0.696. The van der Waals surface area contributed by atoms with Gasteiger partial charge in [0.05, 0.1) is 18.8 Å². The lowest BCUT2D eigenvalue weighted by atomic mass is 9.74. The zero-order valence-electron chi connectivity index (χ0n) is 16.8. The smallest absolute Gasteiger partial charge is 0.305 e. The molecule has 4 nitrogen and oxygen atoms in total. The molecule has 0 radical (unpaired) electrons. The standard InChI is InChI=1S/C23H33ClO4/c1-28-21(26)8-5-3-2-4-7-18-19(24)15-20(25)22(18)16-9-11-17(12-10-16)23(27)13-6-14-23/h9-12,18-20,22,25,27H,2-8,13-15H2,1H3. The van der Waals surface area contributed by atoms with E-state index in [1.165, 1.54) is 7.11 Å². The van der Waals surface area contributed by atoms with Gasteiger partial charge in [-0.25, -0.2) is 0 Å². The molecule has 1 aromatic rings. The number of carbonyl (C=O) groups is 1. The molecule has 2 N–H and O–H groups in total. The highest BCUT2D eigenvalue weighted by Gasteiger charge is 2.42. The average Bonchev–Trinajstić information content (AvgIpc) is 2.95. The lowest BCUT2D eigenvalue weighted by Gasteiger charge is -2.37. The molecule has 0 aliphatic heterocycles. The van der Waals surface area contributed by atoms with E-state index >= 15 is 0 Å². The molecule has 2 aliphatic carbocycles. The topological polar surface area (TPSA) is 66.8 Å². The van der Waals surface area contributed by atoms with Gasteiger partial charge in [-0.15, -0.1) is 11.6 Å². The van der Waals surface area contributed by atoms with Crippen LogP contribution in [0.2, 0.25) is 0 Å². The summed E-state index contributed by atoms with van der Waals surface area (Å²) in [4.78, 5) is 11.2. The minimum atomic E-state index is -0.647. The number of methoxy groups -OCH3 is 1. The number of hydrogen-bond donors (Lipinski definition) is 2. The first kappa shape index (κ1) is 21.6. The van der Waals surface area contributed by atoms with E-state index in [0.717, 1.165) is 62.5 Å². The second-order valence-electron chi connectivity index (χ2n) is 8.54. The molecule has 1 aromatic carbocycles. The number of carbonyl (C=O) groups excluding carboxylic acids is 1. The number of ether oxygens (including phenoxy) is 1. The van der Waals surface area contributed by atoms with Crippen LogP contribution in [0.1, 0.15) is 81.3 Å². The molecule has 5 heteroatoms. The van der Waals surface area contributed by atoms with E-state index < -0.39 is 11.7 Å². The third-order valence-corrected chi connectivity index (χ3v) is 7.22. The Labute approximate surface area is 173 Å². The van der Waals surface area contributed by atoms with Crippen LogP contribution in [0, 0.1) is 5.92 Å². The van der Waals surface area contributed by atoms with Gasteiger partial charge in [0.2, 0.25) is 0 Å². The van der Waals surface area contributed by atoms with Crippen LogP contribution < -0.4 is 0 Å². The Morgan fingerprint density at radius 2 is 1.86 bits per heavy atom. The highest BCUT2D eigenvalue weighted by Crippen LogP contribution is 2.46. The van der Waals surface area contributed by atoms with Crippen molar-refractivity contribution in [2.45, 2.75) is 87.2 Å². The zero-order chi connectivity index (χ0) is 20.1. The fourth-order valence-corrected chi connectivity index (χ4v) is 5.28. The van der Waals surface area contributed by atoms with Crippen LogP contribution in [0.5, 0.6) is 0 Å². The van der Waals surface area contributed by atoms with Crippen LogP contribution in [0.3, 0.4) is 0 Å². The van der Waals surface area contributed by atoms with Crippen molar-refractivity contribution in [3.63, 3.8) is 0 Å². The van der Waals surface area contributed by atoms with Gasteiger partial charge in [0.25, 0.3) is 0 Å². The molecule has 3 rings (SSSR count). The Morgan fingerprint density at radius 3 is 2.46 bits per heavy atom. The Bertz CT molecular complexity index is 641. The van der Waals surface area contributed by atoms with Crippen LogP contribution in [-0.2, 0) is 15.1 Å². The third-order valence-electron chi connectivity index (χ3n) is 6.72. The molecule has 0 aromatic heterocycles. The quantitative estimate of drug-likeness (QED) is 0.354. The second-order valence-corrected chi connectivity index (χ2v) is 9.11. The van der Waals surface area contributed by atoms with Crippen molar-refractivity contribution in [2.75, 3.05) is 7.11 Å². The number of esters is 1. The number of halogens is 1. The third kappa shape index (κ3) is 4.90. The summed E-state index contributed by atoms with van der Waals surface area (Å²) in [7, 11) is 1.42. The molecule has 0 heterocycles. The summed E-state index contributed by atoms with van der Waals surface area (Å²) in [5, 5.41) is 21.1. The van der Waals surface area contributed by atoms with Crippen molar-refractivity contribution in [3.05, 3.63) is 35.4 Å². The van der Waals surface area contributed by atoms with Gasteiger partial charge >= 0.3 is 5.97 Å². The summed E-state index contributed by atoms with van der Waals surface area (Å²) in [6.07, 6.45) is 8.42. The summed E-state index contributed by atoms with van der Waals surface area (Å²) in [6, 6.07) is 8.18. The highest BCUT2D eigenvalue weighted by molar-refractivity contribution is 6.21.